The van der Waals surface area contributed by atoms with Gasteiger partial charge in [0, 0.05) is 5.56 Å². The van der Waals surface area contributed by atoms with Crippen molar-refractivity contribution < 1.29 is 17.9 Å². The Kier molecular flexibility index (Phi) is 3.52. The Hall–Kier alpha value is -1.30. The molecule has 0 spiro atoms. The van der Waals surface area contributed by atoms with Crippen LogP contribution in [0.5, 0.6) is 5.75 Å². The standard InChI is InChI=1S/C9H8F3NOS/c10-9(11,12)5-14-7-3-1-6(2-4-7)8(13)15/h1-4H,5H2,(H2,13,15). The molecule has 0 atom stereocenters. The molecule has 2 nitrogen and oxygen atoms in total. The van der Waals surface area contributed by atoms with Crippen molar-refractivity contribution in [1.29, 1.82) is 0 Å². The number of nitrogens with two attached hydrogens (primary N) is 1. The molecule has 0 heterocycles. The van der Waals surface area contributed by atoms with Crippen molar-refractivity contribution in [2.45, 2.75) is 6.18 Å². The van der Waals surface area contributed by atoms with Gasteiger partial charge in [-0.25, -0.2) is 0 Å². The number of halogens is 3. The first-order chi connectivity index (χ1) is 6.88. The van der Waals surface area contributed by atoms with Crippen molar-refractivity contribution in [3.8, 4) is 5.75 Å². The van der Waals surface area contributed by atoms with Gasteiger partial charge in [-0.05, 0) is 24.3 Å². The topological polar surface area (TPSA) is 35.2 Å². The van der Waals surface area contributed by atoms with Gasteiger partial charge in [0.25, 0.3) is 0 Å². The molecule has 0 saturated heterocycles. The Morgan fingerprint density at radius 2 is 1.80 bits per heavy atom. The number of ether oxygens (including phenoxy) is 1. The molecule has 0 amide bonds. The van der Waals surface area contributed by atoms with Gasteiger partial charge in [0.2, 0.25) is 0 Å². The SMILES string of the molecule is NC(=S)c1ccc(OCC(F)(F)F)cc1. The third-order valence-electron chi connectivity index (χ3n) is 1.54. The zero-order chi connectivity index (χ0) is 11.5. The zero-order valence-electron chi connectivity index (χ0n) is 7.54. The Labute approximate surface area is 89.8 Å². The van der Waals surface area contributed by atoms with Crippen molar-refractivity contribution in [1.82, 2.24) is 0 Å². The van der Waals surface area contributed by atoms with E-state index >= 15 is 0 Å². The van der Waals surface area contributed by atoms with Crippen LogP contribution in [0.2, 0.25) is 0 Å². The van der Waals surface area contributed by atoms with E-state index in [1.165, 1.54) is 24.3 Å². The van der Waals surface area contributed by atoms with Crippen molar-refractivity contribution in [3.63, 3.8) is 0 Å². The first-order valence-electron chi connectivity index (χ1n) is 3.98. The molecular weight excluding hydrogens is 227 g/mol. The number of thiocarbonyl (C=S) groups is 1. The maximum absolute atomic E-state index is 11.8. The van der Waals surface area contributed by atoms with E-state index in [0.29, 0.717) is 5.56 Å². The number of rotatable bonds is 3. The molecule has 0 aliphatic carbocycles. The molecule has 15 heavy (non-hydrogen) atoms. The summed E-state index contributed by atoms with van der Waals surface area (Å²) in [6.07, 6.45) is -4.33. The Bertz CT molecular complexity index is 347. The lowest BCUT2D eigenvalue weighted by molar-refractivity contribution is -0.153. The summed E-state index contributed by atoms with van der Waals surface area (Å²) in [4.78, 5) is 0.192. The Morgan fingerprint density at radius 3 is 2.20 bits per heavy atom. The van der Waals surface area contributed by atoms with Crippen LogP contribution in [0.25, 0.3) is 0 Å². The van der Waals surface area contributed by atoms with E-state index in [-0.39, 0.29) is 10.7 Å². The van der Waals surface area contributed by atoms with Crippen LogP contribution < -0.4 is 10.5 Å². The fraction of sp³-hybridized carbons (Fsp3) is 0.222. The normalized spacial score (nSPS) is 11.1. The summed E-state index contributed by atoms with van der Waals surface area (Å²) in [5.41, 5.74) is 5.91. The minimum atomic E-state index is -4.33. The van der Waals surface area contributed by atoms with Crippen LogP contribution in [0.3, 0.4) is 0 Å². The summed E-state index contributed by atoms with van der Waals surface area (Å²) in [5, 5.41) is 0. The summed E-state index contributed by atoms with van der Waals surface area (Å²) >= 11 is 4.69. The summed E-state index contributed by atoms with van der Waals surface area (Å²) in [5.74, 6) is 0.132. The van der Waals surface area contributed by atoms with Gasteiger partial charge in [-0.3, -0.25) is 0 Å². The highest BCUT2D eigenvalue weighted by molar-refractivity contribution is 7.80. The number of benzene rings is 1. The van der Waals surface area contributed by atoms with Crippen LogP contribution in [0, 0.1) is 0 Å². The second-order valence-corrected chi connectivity index (χ2v) is 3.23. The van der Waals surface area contributed by atoms with Crippen LogP contribution in [-0.4, -0.2) is 17.8 Å². The first-order valence-corrected chi connectivity index (χ1v) is 4.39. The summed E-state index contributed by atoms with van der Waals surface area (Å²) < 4.78 is 39.8. The Morgan fingerprint density at radius 1 is 1.27 bits per heavy atom. The third-order valence-corrected chi connectivity index (χ3v) is 1.78. The van der Waals surface area contributed by atoms with Gasteiger partial charge < -0.3 is 10.5 Å². The quantitative estimate of drug-likeness (QED) is 0.816. The van der Waals surface area contributed by atoms with E-state index in [2.05, 4.69) is 17.0 Å². The molecule has 0 aliphatic heterocycles. The number of hydrogen-bond donors (Lipinski definition) is 1. The molecule has 0 radical (unpaired) electrons. The lowest BCUT2D eigenvalue weighted by Gasteiger charge is -2.09. The van der Waals surface area contributed by atoms with E-state index in [1.807, 2.05) is 0 Å². The van der Waals surface area contributed by atoms with Gasteiger partial charge in [-0.15, -0.1) is 0 Å². The summed E-state index contributed by atoms with van der Waals surface area (Å²) in [7, 11) is 0. The molecule has 6 heteroatoms. The third kappa shape index (κ3) is 4.16. The highest BCUT2D eigenvalue weighted by atomic mass is 32.1. The smallest absolute Gasteiger partial charge is 0.422 e. The number of hydrogen-bond acceptors (Lipinski definition) is 2. The highest BCUT2D eigenvalue weighted by Gasteiger charge is 2.28. The zero-order valence-corrected chi connectivity index (χ0v) is 8.36. The van der Waals surface area contributed by atoms with E-state index < -0.39 is 12.8 Å². The van der Waals surface area contributed by atoms with Gasteiger partial charge in [0.05, 0.1) is 0 Å². The van der Waals surface area contributed by atoms with Gasteiger partial charge in [-0.2, -0.15) is 13.2 Å². The van der Waals surface area contributed by atoms with Gasteiger partial charge in [0.1, 0.15) is 10.7 Å². The fourth-order valence-electron chi connectivity index (χ4n) is 0.881. The summed E-state index contributed by atoms with van der Waals surface area (Å²) in [6.45, 7) is -1.31. The van der Waals surface area contributed by atoms with Crippen LogP contribution in [0.1, 0.15) is 5.56 Å². The molecule has 2 N–H and O–H groups in total. The largest absolute Gasteiger partial charge is 0.484 e. The average molecular weight is 235 g/mol. The van der Waals surface area contributed by atoms with E-state index in [9.17, 15) is 13.2 Å². The molecule has 82 valence electrons. The van der Waals surface area contributed by atoms with Crippen molar-refractivity contribution in [3.05, 3.63) is 29.8 Å². The second-order valence-electron chi connectivity index (χ2n) is 2.79. The molecule has 0 bridgehead atoms. The molecular formula is C9H8F3NOS. The van der Waals surface area contributed by atoms with Gasteiger partial charge in [0.15, 0.2) is 6.61 Å². The fourth-order valence-corrected chi connectivity index (χ4v) is 1.02. The van der Waals surface area contributed by atoms with Crippen LogP contribution >= 0.6 is 12.2 Å². The average Bonchev–Trinajstić information content (AvgIpc) is 2.14. The molecule has 1 aromatic rings. The predicted molar refractivity (Wildman–Crippen MR) is 53.9 cm³/mol. The minimum Gasteiger partial charge on any atom is -0.484 e. The lowest BCUT2D eigenvalue weighted by Crippen LogP contribution is -2.19. The molecule has 0 aliphatic rings. The van der Waals surface area contributed by atoms with Gasteiger partial charge >= 0.3 is 6.18 Å². The maximum Gasteiger partial charge on any atom is 0.422 e. The Balaban J connectivity index is 2.61. The number of alkyl halides is 3. The van der Waals surface area contributed by atoms with Crippen molar-refractivity contribution in [2.75, 3.05) is 6.61 Å². The second kappa shape index (κ2) is 4.48. The molecule has 1 rings (SSSR count). The predicted octanol–water partition coefficient (Wildman–Crippen LogP) is 2.26. The highest BCUT2D eigenvalue weighted by Crippen LogP contribution is 2.18. The molecule has 1 aromatic carbocycles. The maximum atomic E-state index is 11.8. The van der Waals surface area contributed by atoms with E-state index in [1.54, 1.807) is 0 Å². The molecule has 0 unspecified atom stereocenters. The molecule has 0 aromatic heterocycles. The van der Waals surface area contributed by atoms with Crippen molar-refractivity contribution >= 4 is 17.2 Å². The summed E-state index contributed by atoms with van der Waals surface area (Å²) in [6, 6.07) is 5.79. The molecule has 0 saturated carbocycles. The van der Waals surface area contributed by atoms with Crippen LogP contribution in [0.4, 0.5) is 13.2 Å². The van der Waals surface area contributed by atoms with Crippen LogP contribution in [0.15, 0.2) is 24.3 Å². The lowest BCUT2D eigenvalue weighted by atomic mass is 10.2. The monoisotopic (exact) mass is 235 g/mol. The first kappa shape index (κ1) is 11.8. The van der Waals surface area contributed by atoms with Crippen LogP contribution in [-0.2, 0) is 0 Å². The van der Waals surface area contributed by atoms with Crippen molar-refractivity contribution in [2.24, 2.45) is 5.73 Å². The van der Waals surface area contributed by atoms with Gasteiger partial charge in [-0.1, -0.05) is 12.2 Å². The molecule has 0 fully saturated rings. The minimum absolute atomic E-state index is 0.132. The van der Waals surface area contributed by atoms with E-state index in [0.717, 1.165) is 0 Å². The van der Waals surface area contributed by atoms with E-state index in [4.69, 9.17) is 5.73 Å².